The van der Waals surface area contributed by atoms with Gasteiger partial charge in [0.15, 0.2) is 0 Å². The molecule has 0 radical (unpaired) electrons. The number of aliphatic hydroxyl groups excluding tert-OH is 3. The molecule has 4 N–H and O–H groups in total. The smallest absolute Gasteiger partial charge is 0.222 e. The van der Waals surface area contributed by atoms with Gasteiger partial charge in [-0.05, 0) is 77.0 Å². The van der Waals surface area contributed by atoms with E-state index >= 15 is 0 Å². The zero-order valence-electron chi connectivity index (χ0n) is 46.9. The average molecular weight is 981 g/mol. The minimum Gasteiger partial charge on any atom is -0.394 e. The molecule has 3 atom stereocenters. The van der Waals surface area contributed by atoms with Crippen LogP contribution in [0.15, 0.2) is 60.8 Å². The summed E-state index contributed by atoms with van der Waals surface area (Å²) in [5.41, 5.74) is 0. The third-order valence-corrected chi connectivity index (χ3v) is 14.3. The van der Waals surface area contributed by atoms with E-state index < -0.39 is 18.2 Å². The second-order valence-corrected chi connectivity index (χ2v) is 21.3. The van der Waals surface area contributed by atoms with Crippen LogP contribution in [0.5, 0.6) is 0 Å². The molecule has 70 heavy (non-hydrogen) atoms. The van der Waals surface area contributed by atoms with Crippen LogP contribution < -0.4 is 5.32 Å². The molecule has 0 aromatic rings. The van der Waals surface area contributed by atoms with Gasteiger partial charge in [0.25, 0.3) is 0 Å². The van der Waals surface area contributed by atoms with Gasteiger partial charge in [0.2, 0.25) is 5.91 Å². The summed E-state index contributed by atoms with van der Waals surface area (Å²) in [6.45, 7) is 4.23. The Balaban J connectivity index is 3.58. The first-order valence-electron chi connectivity index (χ1n) is 31.1. The summed E-state index contributed by atoms with van der Waals surface area (Å²) in [4.78, 5) is 12.5. The Bertz CT molecular complexity index is 1170. The molecule has 1 amide bonds. The maximum absolute atomic E-state index is 12.5. The van der Waals surface area contributed by atoms with Gasteiger partial charge >= 0.3 is 0 Å². The Morgan fingerprint density at radius 2 is 0.657 bits per heavy atom. The zero-order valence-corrected chi connectivity index (χ0v) is 46.9. The monoisotopic (exact) mass is 980 g/mol. The highest BCUT2D eigenvalue weighted by molar-refractivity contribution is 5.76. The third-order valence-electron chi connectivity index (χ3n) is 14.3. The molecule has 0 fully saturated rings. The van der Waals surface area contributed by atoms with Crippen molar-refractivity contribution in [3.8, 4) is 0 Å². The summed E-state index contributed by atoms with van der Waals surface area (Å²) in [6.07, 6.45) is 81.5. The average Bonchev–Trinajstić information content (AvgIpc) is 3.36. The lowest BCUT2D eigenvalue weighted by atomic mass is 10.0. The third kappa shape index (κ3) is 55.4. The van der Waals surface area contributed by atoms with Crippen molar-refractivity contribution in [1.29, 1.82) is 0 Å². The fourth-order valence-electron chi connectivity index (χ4n) is 9.52. The van der Waals surface area contributed by atoms with Gasteiger partial charge in [0.05, 0.1) is 31.3 Å². The first kappa shape index (κ1) is 68.0. The van der Waals surface area contributed by atoms with Crippen LogP contribution in [0, 0.1) is 0 Å². The highest BCUT2D eigenvalue weighted by Gasteiger charge is 2.20. The molecule has 410 valence electrons. The summed E-state index contributed by atoms with van der Waals surface area (Å²) in [5, 5.41) is 33.5. The number of carbonyl (C=O) groups is 1. The standard InChI is InChI=1S/C65H121NO4/c1-3-5-7-9-11-13-15-17-19-21-23-25-27-28-29-30-31-32-33-34-35-36-37-38-40-42-44-46-48-50-52-54-56-58-62(68)60-65(70)66-63(61-67)64(69)59-57-55-53-51-49-47-45-43-41-39-26-24-22-20-18-16-14-12-10-8-6-4-2/h27-28,30-31,41,43,49,51,57,59,62-64,67-69H,3-26,29,32-40,42,44-48,50,52-56,58,60-61H2,1-2H3,(H,66,70)/b28-27-,31-30-,43-41+,51-49+,59-57+. The van der Waals surface area contributed by atoms with Gasteiger partial charge in [0.1, 0.15) is 0 Å². The highest BCUT2D eigenvalue weighted by atomic mass is 16.3. The lowest BCUT2D eigenvalue weighted by Gasteiger charge is -2.21. The van der Waals surface area contributed by atoms with Gasteiger partial charge in [0, 0.05) is 0 Å². The molecule has 5 heteroatoms. The highest BCUT2D eigenvalue weighted by Crippen LogP contribution is 2.17. The molecule has 0 saturated carbocycles. The van der Waals surface area contributed by atoms with Crippen molar-refractivity contribution < 1.29 is 20.1 Å². The minimum absolute atomic E-state index is 0.00171. The van der Waals surface area contributed by atoms with E-state index in [2.05, 4.69) is 67.8 Å². The summed E-state index contributed by atoms with van der Waals surface area (Å²) < 4.78 is 0. The lowest BCUT2D eigenvalue weighted by Crippen LogP contribution is -2.45. The topological polar surface area (TPSA) is 89.8 Å². The molecule has 0 bridgehead atoms. The molecule has 0 aromatic carbocycles. The van der Waals surface area contributed by atoms with Crippen LogP contribution in [-0.4, -0.2) is 46.1 Å². The molecule has 0 heterocycles. The number of amides is 1. The summed E-state index contributed by atoms with van der Waals surface area (Å²) in [5.74, 6) is -0.327. The van der Waals surface area contributed by atoms with Crippen LogP contribution in [0.4, 0.5) is 0 Å². The molecule has 0 aromatic heterocycles. The van der Waals surface area contributed by atoms with Gasteiger partial charge in [-0.2, -0.15) is 0 Å². The second-order valence-electron chi connectivity index (χ2n) is 21.3. The maximum Gasteiger partial charge on any atom is 0.222 e. The SMILES string of the molecule is CCCCCCCCCCCCC/C=C\C/C=C\CCCCCCCCCCCCCCCCCC(O)CC(=O)NC(CO)C(O)/C=C/CC/C=C/CC/C=C/CCCCCCCCCCCCCC. The molecule has 0 aliphatic heterocycles. The Labute approximate surface area is 437 Å². The Morgan fingerprint density at radius 1 is 0.371 bits per heavy atom. The van der Waals surface area contributed by atoms with E-state index in [1.54, 1.807) is 6.08 Å². The molecule has 3 unspecified atom stereocenters. The van der Waals surface area contributed by atoms with Crippen LogP contribution in [-0.2, 0) is 4.79 Å². The predicted octanol–water partition coefficient (Wildman–Crippen LogP) is 19.7. The van der Waals surface area contributed by atoms with Gasteiger partial charge in [-0.1, -0.05) is 299 Å². The van der Waals surface area contributed by atoms with Crippen LogP contribution in [0.25, 0.3) is 0 Å². The van der Waals surface area contributed by atoms with E-state index in [4.69, 9.17) is 0 Å². The fourth-order valence-corrected chi connectivity index (χ4v) is 9.52. The van der Waals surface area contributed by atoms with Crippen molar-refractivity contribution in [2.45, 2.75) is 340 Å². The van der Waals surface area contributed by atoms with Crippen molar-refractivity contribution in [2.24, 2.45) is 0 Å². The van der Waals surface area contributed by atoms with Gasteiger partial charge in [-0.15, -0.1) is 0 Å². The molecule has 0 aliphatic carbocycles. The first-order chi connectivity index (χ1) is 34.5. The second kappa shape index (κ2) is 59.6. The Morgan fingerprint density at radius 3 is 1.00 bits per heavy atom. The molecule has 0 aliphatic rings. The van der Waals surface area contributed by atoms with E-state index in [1.807, 2.05) is 6.08 Å². The number of allylic oxidation sites excluding steroid dienone is 9. The number of hydrogen-bond donors (Lipinski definition) is 4. The number of aliphatic hydroxyl groups is 3. The number of unbranched alkanes of at least 4 members (excludes halogenated alkanes) is 40. The van der Waals surface area contributed by atoms with Crippen molar-refractivity contribution in [2.75, 3.05) is 6.61 Å². The first-order valence-corrected chi connectivity index (χ1v) is 31.1. The van der Waals surface area contributed by atoms with Gasteiger partial charge in [-0.25, -0.2) is 0 Å². The molecule has 0 rings (SSSR count). The lowest BCUT2D eigenvalue weighted by molar-refractivity contribution is -0.124. The van der Waals surface area contributed by atoms with E-state index in [0.717, 1.165) is 44.9 Å². The van der Waals surface area contributed by atoms with Crippen LogP contribution in [0.3, 0.4) is 0 Å². The van der Waals surface area contributed by atoms with E-state index in [-0.39, 0.29) is 18.9 Å². The van der Waals surface area contributed by atoms with Crippen molar-refractivity contribution in [3.63, 3.8) is 0 Å². The van der Waals surface area contributed by atoms with Gasteiger partial charge < -0.3 is 20.6 Å². The van der Waals surface area contributed by atoms with E-state index in [1.165, 1.54) is 250 Å². The summed E-state index contributed by atoms with van der Waals surface area (Å²) >= 11 is 0. The Kier molecular flexibility index (Phi) is 58.0. The van der Waals surface area contributed by atoms with Gasteiger partial charge in [-0.3, -0.25) is 4.79 Å². The largest absolute Gasteiger partial charge is 0.394 e. The number of hydrogen-bond acceptors (Lipinski definition) is 4. The van der Waals surface area contributed by atoms with Crippen molar-refractivity contribution >= 4 is 5.91 Å². The minimum atomic E-state index is -0.963. The molecular weight excluding hydrogens is 859 g/mol. The molecule has 0 spiro atoms. The number of carbonyl (C=O) groups excluding carboxylic acids is 1. The Hall–Kier alpha value is -1.95. The van der Waals surface area contributed by atoms with Crippen molar-refractivity contribution in [3.05, 3.63) is 60.8 Å². The van der Waals surface area contributed by atoms with E-state index in [0.29, 0.717) is 6.42 Å². The normalized spacial score (nSPS) is 13.6. The molecule has 0 saturated heterocycles. The zero-order chi connectivity index (χ0) is 50.7. The number of rotatable bonds is 57. The van der Waals surface area contributed by atoms with Crippen LogP contribution >= 0.6 is 0 Å². The molecule has 5 nitrogen and oxygen atoms in total. The van der Waals surface area contributed by atoms with Crippen LogP contribution in [0.1, 0.15) is 322 Å². The summed E-state index contributed by atoms with van der Waals surface area (Å²) in [7, 11) is 0. The fraction of sp³-hybridized carbons (Fsp3) is 0.831. The quantitative estimate of drug-likeness (QED) is 0.0361. The predicted molar refractivity (Wildman–Crippen MR) is 310 cm³/mol. The van der Waals surface area contributed by atoms with Crippen LogP contribution in [0.2, 0.25) is 0 Å². The van der Waals surface area contributed by atoms with Crippen molar-refractivity contribution in [1.82, 2.24) is 5.32 Å². The number of nitrogens with one attached hydrogen (secondary N) is 1. The summed E-state index contributed by atoms with van der Waals surface area (Å²) in [6, 6.07) is -0.771. The van der Waals surface area contributed by atoms with E-state index in [9.17, 15) is 20.1 Å². The molecular formula is C65H121NO4. The maximum atomic E-state index is 12.5.